The third kappa shape index (κ3) is 32.3. The SMILES string of the molecule is NC(N)=NCCC[C@H](NC(=O)[C@H](CS)NC(=O)[C@H](CCCN=C(N)N)NC(=O)[C@H](Cc1ccc(O)cc1)NC(=O)[C@H](CC(=O)O)NC(=O)CNC(=O)[C@H](CCCN=C(N)N)NC(=O)[C@H](Cc1cnc[nH]1)NC(=O)CNC(=O)C(NC(=O)[C@@H](N)CCCN=C(N)N)C1(S)CCCCC1)C(=O)O. The van der Waals surface area contributed by atoms with Crippen molar-refractivity contribution in [2.75, 3.05) is 45.0 Å². The zero-order valence-corrected chi connectivity index (χ0v) is 56.8. The van der Waals surface area contributed by atoms with E-state index in [1.807, 2.05) is 0 Å². The van der Waals surface area contributed by atoms with Crippen molar-refractivity contribution in [1.29, 1.82) is 0 Å². The molecule has 2 aromatic rings. The number of benzene rings is 1. The Balaban J connectivity index is 1.86. The summed E-state index contributed by atoms with van der Waals surface area (Å²) in [5.41, 5.74) is 50.3. The number of carbonyl (C=O) groups excluding carboxylic acids is 10. The van der Waals surface area contributed by atoms with Gasteiger partial charge in [0.25, 0.3) is 0 Å². The topological polar surface area (TPSA) is 698 Å². The minimum absolute atomic E-state index is 0.0220. The van der Waals surface area contributed by atoms with Gasteiger partial charge in [0.1, 0.15) is 54.1 Å². The molecule has 0 bridgehead atoms. The van der Waals surface area contributed by atoms with E-state index in [0.29, 0.717) is 43.4 Å². The van der Waals surface area contributed by atoms with Gasteiger partial charge in [-0.2, -0.15) is 25.3 Å². The van der Waals surface area contributed by atoms with Gasteiger partial charge < -0.3 is 125 Å². The average Bonchev–Trinajstić information content (AvgIpc) is 0.912. The normalized spacial score (nSPS) is 14.9. The first-order valence-corrected chi connectivity index (χ1v) is 32.9. The van der Waals surface area contributed by atoms with Gasteiger partial charge in [-0.1, -0.05) is 31.4 Å². The molecular formula is C58H95N25O15S2. The molecule has 42 heteroatoms. The van der Waals surface area contributed by atoms with Crippen LogP contribution >= 0.6 is 25.3 Å². The monoisotopic (exact) mass is 1450 g/mol. The molecule has 1 unspecified atom stereocenters. The Kier molecular flexibility index (Phi) is 36.7. The fourth-order valence-electron chi connectivity index (χ4n) is 9.99. The summed E-state index contributed by atoms with van der Waals surface area (Å²) in [7, 11) is 0. The maximum Gasteiger partial charge on any atom is 0.326 e. The number of hydrogen-bond donors (Lipinski definition) is 25. The summed E-state index contributed by atoms with van der Waals surface area (Å²) >= 11 is 9.03. The largest absolute Gasteiger partial charge is 0.508 e. The van der Waals surface area contributed by atoms with Crippen LogP contribution in [0.15, 0.2) is 56.8 Å². The lowest BCUT2D eigenvalue weighted by Crippen LogP contribution is -2.61. The molecular weight excluding hydrogens is 1350 g/mol. The minimum Gasteiger partial charge on any atom is -0.508 e. The predicted molar refractivity (Wildman–Crippen MR) is 372 cm³/mol. The smallest absolute Gasteiger partial charge is 0.326 e. The second-order valence-electron chi connectivity index (χ2n) is 23.3. The third-order valence-electron chi connectivity index (χ3n) is 15.2. The highest BCUT2D eigenvalue weighted by atomic mass is 32.1. The van der Waals surface area contributed by atoms with Crippen molar-refractivity contribution >= 4 is 120 Å². The van der Waals surface area contributed by atoms with E-state index in [4.69, 9.17) is 64.2 Å². The Hall–Kier alpha value is -10.4. The highest BCUT2D eigenvalue weighted by Gasteiger charge is 2.43. The van der Waals surface area contributed by atoms with Crippen LogP contribution in [0, 0.1) is 0 Å². The number of nitrogens with one attached hydrogen (secondary N) is 11. The number of thiol groups is 2. The van der Waals surface area contributed by atoms with E-state index in [1.54, 1.807) is 0 Å². The number of aromatic amines is 1. The summed E-state index contributed by atoms with van der Waals surface area (Å²) in [6.07, 6.45) is 4.19. The Bertz CT molecular complexity index is 3190. The first-order chi connectivity index (χ1) is 47.3. The van der Waals surface area contributed by atoms with Gasteiger partial charge in [0.05, 0.1) is 31.9 Å². The van der Waals surface area contributed by atoms with Crippen molar-refractivity contribution < 1.29 is 72.9 Å². The van der Waals surface area contributed by atoms with Crippen LogP contribution in [0.1, 0.15) is 101 Å². The molecule has 1 heterocycles. The molecule has 554 valence electrons. The van der Waals surface area contributed by atoms with Crippen LogP contribution < -0.4 is 105 Å². The number of imidazole rings is 1. The van der Waals surface area contributed by atoms with Gasteiger partial charge in [0.15, 0.2) is 23.8 Å². The number of nitrogens with two attached hydrogens (primary N) is 9. The van der Waals surface area contributed by atoms with E-state index < -0.39 is 156 Å². The van der Waals surface area contributed by atoms with Crippen molar-refractivity contribution in [1.82, 2.24) is 63.1 Å². The Morgan fingerprint density at radius 2 is 0.930 bits per heavy atom. The number of carbonyl (C=O) groups is 12. The number of aliphatic carboxylic acids is 2. The number of amides is 10. The molecule has 0 radical (unpaired) electrons. The van der Waals surface area contributed by atoms with Crippen LogP contribution in [0.25, 0.3) is 0 Å². The Labute approximate surface area is 586 Å². The Morgan fingerprint density at radius 1 is 0.510 bits per heavy atom. The van der Waals surface area contributed by atoms with Crippen LogP contribution in [-0.2, 0) is 70.4 Å². The molecule has 1 aromatic heterocycles. The third-order valence-corrected chi connectivity index (χ3v) is 16.2. The van der Waals surface area contributed by atoms with E-state index >= 15 is 0 Å². The number of rotatable bonds is 45. The fraction of sp³-hybridized carbons (Fsp3) is 0.569. The van der Waals surface area contributed by atoms with Gasteiger partial charge >= 0.3 is 11.9 Å². The molecule has 0 spiro atoms. The molecule has 1 fully saturated rings. The number of aromatic hydroxyl groups is 1. The number of phenolic OH excluding ortho intramolecular Hbond substituents is 1. The number of phenols is 1. The van der Waals surface area contributed by atoms with Crippen molar-refractivity contribution in [2.24, 2.45) is 71.6 Å². The average molecular weight is 1450 g/mol. The van der Waals surface area contributed by atoms with Crippen molar-refractivity contribution in [2.45, 2.75) is 162 Å². The lowest BCUT2D eigenvalue weighted by atomic mass is 9.82. The molecule has 1 aromatic carbocycles. The van der Waals surface area contributed by atoms with Crippen LogP contribution in [0.4, 0.5) is 0 Å². The van der Waals surface area contributed by atoms with E-state index in [-0.39, 0.29) is 113 Å². The summed E-state index contributed by atoms with van der Waals surface area (Å²) in [5.74, 6) is -14.3. The van der Waals surface area contributed by atoms with Crippen LogP contribution in [0.2, 0.25) is 0 Å². The lowest BCUT2D eigenvalue weighted by molar-refractivity contribution is -0.142. The molecule has 100 heavy (non-hydrogen) atoms. The van der Waals surface area contributed by atoms with E-state index in [1.165, 1.54) is 36.8 Å². The molecule has 1 saturated carbocycles. The summed E-state index contributed by atoms with van der Waals surface area (Å²) in [6, 6.07) is -8.21. The molecule has 1 aliphatic carbocycles. The van der Waals surface area contributed by atoms with Gasteiger partial charge in [0, 0.05) is 61.4 Å². The van der Waals surface area contributed by atoms with Crippen LogP contribution in [0.5, 0.6) is 5.75 Å². The summed E-state index contributed by atoms with van der Waals surface area (Å²) in [4.78, 5) is 186. The van der Waals surface area contributed by atoms with E-state index in [0.717, 1.165) is 6.42 Å². The van der Waals surface area contributed by atoms with Gasteiger partial charge in [-0.05, 0) is 81.9 Å². The molecule has 40 nitrogen and oxygen atoms in total. The van der Waals surface area contributed by atoms with E-state index in [9.17, 15) is 72.9 Å². The molecule has 0 aliphatic heterocycles. The number of guanidine groups is 4. The van der Waals surface area contributed by atoms with Crippen LogP contribution in [0.3, 0.4) is 0 Å². The zero-order valence-electron chi connectivity index (χ0n) is 55.0. The Morgan fingerprint density at radius 3 is 1.41 bits per heavy atom. The molecule has 3 rings (SSSR count). The summed E-state index contributed by atoms with van der Waals surface area (Å²) in [5, 5.41) is 54.3. The number of carboxylic acid groups (broad SMARTS) is 2. The number of nitrogens with zero attached hydrogens (tertiary/aromatic N) is 5. The lowest BCUT2D eigenvalue weighted by Gasteiger charge is -2.39. The molecule has 1 aliphatic rings. The number of aliphatic imine (C=N–C) groups is 4. The van der Waals surface area contributed by atoms with Gasteiger partial charge in [-0.25, -0.2) is 9.78 Å². The standard InChI is InChI=1S/C58H95N25O15S2/c59-33(8-4-18-69-54(60)61)45(89)83-44(58(100)16-2-1-3-17-58)52(96)74-27-42(86)76-38(23-31-25-68-29-75-31)49(93)78-34(9-5-19-70-55(62)63)46(90)73-26-41(85)77-39(24-43(87)88)50(94)81-37(22-30-12-14-32(84)15-13-30)48(92)79-35(10-6-20-71-56(64)65)47(91)82-40(28-99)51(95)80-36(53(97)98)11-7-21-72-57(66)67/h12-15,25,29,33-40,44,84,99-100H,1-11,16-24,26-28,59H2,(H,68,75)(H,73,90)(H,74,96)(H,76,86)(H,77,85)(H,78,93)(H,79,92)(H,80,95)(H,81,94)(H,82,91)(H,83,89)(H,87,88)(H,97,98)(H4,60,61,69)(H4,62,63,70)(H4,64,65,71)(H4,66,67,72)/t33-,34-,35-,36-,37-,38-,39-,40-,44?/m0/s1. The number of aromatic nitrogens is 2. The van der Waals surface area contributed by atoms with Crippen molar-refractivity contribution in [3.63, 3.8) is 0 Å². The van der Waals surface area contributed by atoms with Gasteiger partial charge in [-0.3, -0.25) is 72.7 Å². The highest BCUT2D eigenvalue weighted by molar-refractivity contribution is 7.82. The first-order valence-electron chi connectivity index (χ1n) is 31.8. The summed E-state index contributed by atoms with van der Waals surface area (Å²) < 4.78 is -1.03. The molecule has 9 atom stereocenters. The molecule has 32 N–H and O–H groups in total. The minimum atomic E-state index is -1.98. The van der Waals surface area contributed by atoms with Gasteiger partial charge in [0.2, 0.25) is 59.1 Å². The maximum absolute atomic E-state index is 14.4. The number of H-pyrrole nitrogens is 1. The second-order valence-corrected chi connectivity index (χ2v) is 24.5. The fourth-order valence-corrected chi connectivity index (χ4v) is 10.8. The number of carboxylic acids is 2. The molecule has 10 amide bonds. The van der Waals surface area contributed by atoms with E-state index in [2.05, 4.69) is 95.7 Å². The second kappa shape index (κ2) is 43.8. The van der Waals surface area contributed by atoms with Crippen molar-refractivity contribution in [3.05, 3.63) is 48.0 Å². The van der Waals surface area contributed by atoms with Crippen molar-refractivity contribution in [3.8, 4) is 5.75 Å². The quantitative estimate of drug-likeness (QED) is 0.0127. The summed E-state index contributed by atoms with van der Waals surface area (Å²) in [6.45, 7) is -1.56. The predicted octanol–water partition coefficient (Wildman–Crippen LogP) is -8.33. The number of hydrogen-bond acceptors (Lipinski definition) is 21. The molecule has 0 saturated heterocycles. The van der Waals surface area contributed by atoms with Gasteiger partial charge in [-0.15, -0.1) is 0 Å². The maximum atomic E-state index is 14.4. The highest BCUT2D eigenvalue weighted by Crippen LogP contribution is 2.37. The van der Waals surface area contributed by atoms with Crippen LogP contribution in [-0.4, -0.2) is 224 Å². The zero-order chi connectivity index (χ0) is 74.5. The first kappa shape index (κ1) is 83.8.